The van der Waals surface area contributed by atoms with Gasteiger partial charge in [0.25, 0.3) is 0 Å². The van der Waals surface area contributed by atoms with E-state index in [2.05, 4.69) is 9.97 Å². The lowest BCUT2D eigenvalue weighted by Gasteiger charge is -2.16. The number of aryl methyl sites for hydroxylation is 2. The van der Waals surface area contributed by atoms with E-state index in [1.165, 1.54) is 0 Å². The molecule has 0 fully saturated rings. The maximum Gasteiger partial charge on any atom is 0.222 e. The third kappa shape index (κ3) is 3.26. The van der Waals surface area contributed by atoms with E-state index in [0.29, 0.717) is 29.0 Å². The molecule has 0 radical (unpaired) electrons. The van der Waals surface area contributed by atoms with Gasteiger partial charge in [-0.25, -0.2) is 4.98 Å². The fraction of sp³-hybridized carbons (Fsp3) is 0.444. The summed E-state index contributed by atoms with van der Waals surface area (Å²) in [5.74, 6) is 3.04. The zero-order valence-electron chi connectivity index (χ0n) is 14.8. The van der Waals surface area contributed by atoms with Crippen LogP contribution in [0.1, 0.15) is 35.6 Å². The molecule has 1 heterocycles. The van der Waals surface area contributed by atoms with Crippen LogP contribution in [0.5, 0.6) is 17.2 Å². The average Bonchev–Trinajstić information content (AvgIpc) is 3.01. The van der Waals surface area contributed by atoms with E-state index in [9.17, 15) is 0 Å². The first-order valence-electron chi connectivity index (χ1n) is 8.28. The van der Waals surface area contributed by atoms with Crippen molar-refractivity contribution >= 4 is 11.8 Å². The van der Waals surface area contributed by atoms with Crippen molar-refractivity contribution in [2.24, 2.45) is 0 Å². The summed E-state index contributed by atoms with van der Waals surface area (Å²) >= 11 is 0. The normalized spacial score (nSPS) is 15.7. The van der Waals surface area contributed by atoms with Crippen molar-refractivity contribution < 1.29 is 14.2 Å². The van der Waals surface area contributed by atoms with Crippen molar-refractivity contribution in [2.45, 2.75) is 31.6 Å². The van der Waals surface area contributed by atoms with Crippen molar-refractivity contribution in [1.29, 1.82) is 0 Å². The second-order valence-corrected chi connectivity index (χ2v) is 6.14. The summed E-state index contributed by atoms with van der Waals surface area (Å²) in [6.07, 6.45) is 3.72. The number of nitrogens with two attached hydrogens (primary N) is 2. The standard InChI is InChI=1S/C18H24N4O3/c1-23-13-8-10(9-14(24-2)16(13)25-3)4-5-11-6-7-12-15(11)17(19)22-18(20)21-12/h8-9,11H,4-7H2,1-3H3,(H4,19,20,21,22). The Morgan fingerprint density at radius 3 is 2.32 bits per heavy atom. The van der Waals surface area contributed by atoms with Gasteiger partial charge in [0, 0.05) is 5.56 Å². The highest BCUT2D eigenvalue weighted by Gasteiger charge is 2.27. The molecule has 0 saturated heterocycles. The smallest absolute Gasteiger partial charge is 0.222 e. The molecular formula is C18H24N4O3. The minimum atomic E-state index is 0.251. The van der Waals surface area contributed by atoms with Crippen LogP contribution in [-0.4, -0.2) is 31.3 Å². The van der Waals surface area contributed by atoms with E-state index in [-0.39, 0.29) is 5.95 Å². The molecule has 1 aromatic heterocycles. The van der Waals surface area contributed by atoms with Gasteiger partial charge in [-0.05, 0) is 49.3 Å². The lowest BCUT2D eigenvalue weighted by atomic mass is 9.94. The van der Waals surface area contributed by atoms with Crippen LogP contribution in [0, 0.1) is 0 Å². The van der Waals surface area contributed by atoms with Crippen LogP contribution >= 0.6 is 0 Å². The van der Waals surface area contributed by atoms with E-state index in [4.69, 9.17) is 25.7 Å². The summed E-state index contributed by atoms with van der Waals surface area (Å²) in [7, 11) is 4.84. The zero-order chi connectivity index (χ0) is 18.0. The molecule has 7 heteroatoms. The highest BCUT2D eigenvalue weighted by atomic mass is 16.5. The van der Waals surface area contributed by atoms with E-state index >= 15 is 0 Å². The highest BCUT2D eigenvalue weighted by Crippen LogP contribution is 2.41. The maximum atomic E-state index is 6.07. The number of nitrogens with zero attached hydrogens (tertiary/aromatic N) is 2. The molecule has 0 amide bonds. The molecule has 2 aromatic rings. The molecule has 134 valence electrons. The molecule has 0 bridgehead atoms. The van der Waals surface area contributed by atoms with Crippen LogP contribution < -0.4 is 25.7 Å². The van der Waals surface area contributed by atoms with Crippen molar-refractivity contribution in [3.05, 3.63) is 29.0 Å². The second kappa shape index (κ2) is 7.04. The molecule has 3 rings (SSSR count). The molecule has 1 aromatic carbocycles. The number of ether oxygens (including phenoxy) is 3. The fourth-order valence-corrected chi connectivity index (χ4v) is 3.55. The van der Waals surface area contributed by atoms with Gasteiger partial charge < -0.3 is 25.7 Å². The Hall–Kier alpha value is -2.70. The van der Waals surface area contributed by atoms with Crippen molar-refractivity contribution in [2.75, 3.05) is 32.8 Å². The molecule has 7 nitrogen and oxygen atoms in total. The number of methoxy groups -OCH3 is 3. The molecule has 25 heavy (non-hydrogen) atoms. The number of fused-ring (bicyclic) bond motifs is 1. The third-order valence-corrected chi connectivity index (χ3v) is 4.72. The number of hydrogen-bond acceptors (Lipinski definition) is 7. The first-order chi connectivity index (χ1) is 12.1. The van der Waals surface area contributed by atoms with Gasteiger partial charge in [-0.15, -0.1) is 0 Å². The van der Waals surface area contributed by atoms with Gasteiger partial charge in [0.2, 0.25) is 11.7 Å². The molecule has 0 saturated carbocycles. The summed E-state index contributed by atoms with van der Waals surface area (Å²) in [5.41, 5.74) is 14.9. The van der Waals surface area contributed by atoms with Gasteiger partial charge in [0.1, 0.15) is 5.82 Å². The summed E-state index contributed by atoms with van der Waals surface area (Å²) in [4.78, 5) is 8.44. The van der Waals surface area contributed by atoms with Crippen LogP contribution in [0.25, 0.3) is 0 Å². The number of benzene rings is 1. The lowest BCUT2D eigenvalue weighted by Crippen LogP contribution is -2.07. The van der Waals surface area contributed by atoms with E-state index in [1.54, 1.807) is 21.3 Å². The second-order valence-electron chi connectivity index (χ2n) is 6.14. The van der Waals surface area contributed by atoms with E-state index in [1.807, 2.05) is 12.1 Å². The molecule has 0 spiro atoms. The molecule has 0 aliphatic heterocycles. The molecule has 1 unspecified atom stereocenters. The first kappa shape index (κ1) is 17.1. The number of rotatable bonds is 6. The van der Waals surface area contributed by atoms with Crippen LogP contribution in [0.4, 0.5) is 11.8 Å². The Morgan fingerprint density at radius 2 is 1.72 bits per heavy atom. The molecule has 1 aliphatic carbocycles. The summed E-state index contributed by atoms with van der Waals surface area (Å²) in [5, 5.41) is 0. The van der Waals surface area contributed by atoms with Crippen LogP contribution in [-0.2, 0) is 12.8 Å². The van der Waals surface area contributed by atoms with Crippen molar-refractivity contribution in [3.8, 4) is 17.2 Å². The zero-order valence-corrected chi connectivity index (χ0v) is 14.8. The highest BCUT2D eigenvalue weighted by molar-refractivity contribution is 5.54. The maximum absolute atomic E-state index is 6.07. The van der Waals surface area contributed by atoms with Gasteiger partial charge >= 0.3 is 0 Å². The Labute approximate surface area is 147 Å². The lowest BCUT2D eigenvalue weighted by molar-refractivity contribution is 0.323. The van der Waals surface area contributed by atoms with Gasteiger partial charge in [0.15, 0.2) is 11.5 Å². The molecule has 1 aliphatic rings. The third-order valence-electron chi connectivity index (χ3n) is 4.72. The number of nitrogen functional groups attached to an aromatic ring is 2. The predicted molar refractivity (Wildman–Crippen MR) is 96.3 cm³/mol. The summed E-state index contributed by atoms with van der Waals surface area (Å²) < 4.78 is 16.2. The fourth-order valence-electron chi connectivity index (χ4n) is 3.55. The largest absolute Gasteiger partial charge is 0.493 e. The Morgan fingerprint density at radius 1 is 1.04 bits per heavy atom. The van der Waals surface area contributed by atoms with Crippen molar-refractivity contribution in [1.82, 2.24) is 9.97 Å². The monoisotopic (exact) mass is 344 g/mol. The predicted octanol–water partition coefficient (Wildman–Crippen LogP) is 2.33. The van der Waals surface area contributed by atoms with Crippen molar-refractivity contribution in [3.63, 3.8) is 0 Å². The Balaban J connectivity index is 1.80. The first-order valence-corrected chi connectivity index (χ1v) is 8.28. The average molecular weight is 344 g/mol. The summed E-state index contributed by atoms with van der Waals surface area (Å²) in [6.45, 7) is 0. The summed E-state index contributed by atoms with van der Waals surface area (Å²) in [6, 6.07) is 3.97. The van der Waals surface area contributed by atoms with Crippen LogP contribution in [0.2, 0.25) is 0 Å². The molecule has 4 N–H and O–H groups in total. The van der Waals surface area contributed by atoms with Gasteiger partial charge in [-0.2, -0.15) is 4.98 Å². The van der Waals surface area contributed by atoms with E-state index in [0.717, 1.165) is 42.5 Å². The topological polar surface area (TPSA) is 106 Å². The minimum Gasteiger partial charge on any atom is -0.493 e. The molecular weight excluding hydrogens is 320 g/mol. The van der Waals surface area contributed by atoms with Gasteiger partial charge in [-0.1, -0.05) is 0 Å². The van der Waals surface area contributed by atoms with E-state index < -0.39 is 0 Å². The van der Waals surface area contributed by atoms with Crippen LogP contribution in [0.3, 0.4) is 0 Å². The quantitative estimate of drug-likeness (QED) is 0.828. The number of aromatic nitrogens is 2. The Kier molecular flexibility index (Phi) is 4.83. The van der Waals surface area contributed by atoms with Gasteiger partial charge in [-0.3, -0.25) is 0 Å². The number of hydrogen-bond donors (Lipinski definition) is 2. The van der Waals surface area contributed by atoms with Crippen LogP contribution in [0.15, 0.2) is 12.1 Å². The minimum absolute atomic E-state index is 0.251. The number of anilines is 2. The van der Waals surface area contributed by atoms with Gasteiger partial charge in [0.05, 0.1) is 27.0 Å². The molecule has 1 atom stereocenters. The SMILES string of the molecule is COc1cc(CCC2CCc3nc(N)nc(N)c32)cc(OC)c1OC. The Bertz CT molecular complexity index is 754.